The highest BCUT2D eigenvalue weighted by molar-refractivity contribution is 7.10. The van der Waals surface area contributed by atoms with Crippen molar-refractivity contribution >= 4 is 28.8 Å². The highest BCUT2D eigenvalue weighted by Gasteiger charge is 2.52. The average molecular weight is 383 g/mol. The van der Waals surface area contributed by atoms with Gasteiger partial charge in [0.25, 0.3) is 5.91 Å². The first-order chi connectivity index (χ1) is 13.1. The molecule has 1 aliphatic rings. The molecule has 3 aromatic rings. The molecule has 0 saturated carbocycles. The number of ketones is 2. The van der Waals surface area contributed by atoms with E-state index in [1.54, 1.807) is 24.3 Å². The molecule has 0 bridgehead atoms. The van der Waals surface area contributed by atoms with E-state index in [0.29, 0.717) is 5.76 Å². The summed E-state index contributed by atoms with van der Waals surface area (Å²) in [5.41, 5.74) is 0.198. The van der Waals surface area contributed by atoms with Gasteiger partial charge in [-0.1, -0.05) is 6.07 Å². The Balaban J connectivity index is 1.74. The molecule has 27 heavy (non-hydrogen) atoms. The van der Waals surface area contributed by atoms with Gasteiger partial charge in [0.1, 0.15) is 17.5 Å². The lowest BCUT2D eigenvalue weighted by atomic mass is 9.89. The molecule has 136 valence electrons. The fourth-order valence-corrected chi connectivity index (χ4v) is 4.17. The van der Waals surface area contributed by atoms with Gasteiger partial charge in [0.15, 0.2) is 5.78 Å². The van der Waals surface area contributed by atoms with Gasteiger partial charge in [-0.05, 0) is 47.8 Å². The number of benzene rings is 1. The normalized spacial score (nSPS) is 19.7. The quantitative estimate of drug-likeness (QED) is 0.383. The first-order valence-electron chi connectivity index (χ1n) is 8.26. The third-order valence-electron chi connectivity index (χ3n) is 4.56. The van der Waals surface area contributed by atoms with Crippen molar-refractivity contribution in [1.82, 2.24) is 4.90 Å². The molecule has 3 heterocycles. The van der Waals surface area contributed by atoms with Crippen molar-refractivity contribution in [1.29, 1.82) is 0 Å². The van der Waals surface area contributed by atoms with Crippen LogP contribution in [0.25, 0.3) is 0 Å². The summed E-state index contributed by atoms with van der Waals surface area (Å²) >= 11 is 1.37. The zero-order valence-corrected chi connectivity index (χ0v) is 14.8. The topological polar surface area (TPSA) is 67.6 Å². The van der Waals surface area contributed by atoms with Crippen LogP contribution in [0.1, 0.15) is 27.0 Å². The van der Waals surface area contributed by atoms with Gasteiger partial charge in [-0.25, -0.2) is 4.39 Å². The van der Waals surface area contributed by atoms with Crippen LogP contribution in [-0.2, 0) is 16.1 Å². The maximum Gasteiger partial charge on any atom is 0.291 e. The van der Waals surface area contributed by atoms with Crippen molar-refractivity contribution in [2.75, 3.05) is 0 Å². The summed E-state index contributed by atoms with van der Waals surface area (Å²) in [5, 5.41) is 1.83. The molecule has 0 N–H and O–H groups in total. The minimum Gasteiger partial charge on any atom is -0.467 e. The number of furan rings is 1. The lowest BCUT2D eigenvalue weighted by Crippen LogP contribution is -2.29. The van der Waals surface area contributed by atoms with E-state index < -0.39 is 35.3 Å². The number of thiophene rings is 1. The summed E-state index contributed by atoms with van der Waals surface area (Å²) in [4.78, 5) is 40.5. The lowest BCUT2D eigenvalue weighted by Gasteiger charge is -2.25. The minimum atomic E-state index is -1.17. The van der Waals surface area contributed by atoms with Crippen LogP contribution in [0.3, 0.4) is 0 Å². The van der Waals surface area contributed by atoms with Crippen LogP contribution < -0.4 is 0 Å². The van der Waals surface area contributed by atoms with Crippen molar-refractivity contribution in [3.63, 3.8) is 0 Å². The van der Waals surface area contributed by atoms with Gasteiger partial charge in [-0.15, -0.1) is 11.3 Å². The number of halogens is 1. The maximum atomic E-state index is 13.2. The van der Waals surface area contributed by atoms with Crippen LogP contribution in [0, 0.1) is 11.7 Å². The molecule has 1 saturated heterocycles. The molecule has 1 amide bonds. The summed E-state index contributed by atoms with van der Waals surface area (Å²) in [7, 11) is 0. The predicted octanol–water partition coefficient (Wildman–Crippen LogP) is 3.63. The van der Waals surface area contributed by atoms with E-state index in [-0.39, 0.29) is 12.1 Å². The third-order valence-corrected chi connectivity index (χ3v) is 5.50. The number of Topliss-reactive ketones (excluding diaryl/α,β-unsaturated/α-hetero) is 2. The molecule has 2 atom stereocenters. The minimum absolute atomic E-state index is 0.0906. The highest BCUT2D eigenvalue weighted by Crippen LogP contribution is 2.40. The molecule has 5 nitrogen and oxygen atoms in total. The molecule has 0 aliphatic carbocycles. The van der Waals surface area contributed by atoms with Gasteiger partial charge >= 0.3 is 0 Å². The molecule has 2 unspecified atom stereocenters. The largest absolute Gasteiger partial charge is 0.467 e. The Morgan fingerprint density at radius 2 is 1.89 bits per heavy atom. The number of carbonyl (C=O) groups excluding carboxylic acids is 3. The molecular weight excluding hydrogens is 369 g/mol. The second-order valence-electron chi connectivity index (χ2n) is 6.19. The molecule has 1 aliphatic heterocycles. The zero-order chi connectivity index (χ0) is 19.0. The highest BCUT2D eigenvalue weighted by atomic mass is 32.1. The van der Waals surface area contributed by atoms with Crippen LogP contribution >= 0.6 is 11.3 Å². The molecule has 7 heteroatoms. The molecule has 4 rings (SSSR count). The van der Waals surface area contributed by atoms with Gasteiger partial charge in [0.2, 0.25) is 5.78 Å². The van der Waals surface area contributed by atoms with E-state index in [9.17, 15) is 18.8 Å². The molecule has 2 aromatic heterocycles. The summed E-state index contributed by atoms with van der Waals surface area (Å²) < 4.78 is 18.5. The van der Waals surface area contributed by atoms with Crippen LogP contribution in [-0.4, -0.2) is 22.4 Å². The Labute approximate surface area is 158 Å². The zero-order valence-electron chi connectivity index (χ0n) is 14.0. The van der Waals surface area contributed by atoms with Crippen molar-refractivity contribution in [3.05, 3.63) is 82.2 Å². The van der Waals surface area contributed by atoms with Crippen LogP contribution in [0.5, 0.6) is 0 Å². The molecule has 1 aromatic carbocycles. The number of rotatable bonds is 5. The predicted molar refractivity (Wildman–Crippen MR) is 95.5 cm³/mol. The number of likely N-dealkylation sites (tertiary alicyclic amines) is 1. The third kappa shape index (κ3) is 3.10. The van der Waals surface area contributed by atoms with Crippen LogP contribution in [0.2, 0.25) is 0 Å². The lowest BCUT2D eigenvalue weighted by molar-refractivity contribution is -0.141. The van der Waals surface area contributed by atoms with Gasteiger partial charge in [0.05, 0.1) is 18.8 Å². The number of nitrogens with zero attached hydrogens (tertiary/aromatic N) is 1. The molecule has 1 fully saturated rings. The van der Waals surface area contributed by atoms with E-state index in [1.165, 1.54) is 34.6 Å². The van der Waals surface area contributed by atoms with Crippen molar-refractivity contribution < 1.29 is 23.2 Å². The van der Waals surface area contributed by atoms with Gasteiger partial charge in [-0.2, -0.15) is 0 Å². The van der Waals surface area contributed by atoms with Crippen LogP contribution in [0.4, 0.5) is 4.39 Å². The second kappa shape index (κ2) is 6.92. The number of carbonyl (C=O) groups is 3. The van der Waals surface area contributed by atoms with Crippen LogP contribution in [0.15, 0.2) is 64.6 Å². The van der Waals surface area contributed by atoms with Crippen molar-refractivity contribution in [3.8, 4) is 0 Å². The Morgan fingerprint density at radius 3 is 2.52 bits per heavy atom. The number of hydrogen-bond acceptors (Lipinski definition) is 5. The maximum absolute atomic E-state index is 13.2. The molecule has 0 radical (unpaired) electrons. The first-order valence-corrected chi connectivity index (χ1v) is 9.14. The summed E-state index contributed by atoms with van der Waals surface area (Å²) in [6.45, 7) is 0.0906. The standard InChI is InChI=1S/C20H14FNO4S/c21-13-7-5-12(6-8-13)18(23)16-17(15-4-2-10-27-15)22(20(25)19(16)24)11-14-3-1-9-26-14/h1-10,16-17H,11H2. The Morgan fingerprint density at radius 1 is 1.11 bits per heavy atom. The van der Waals surface area contributed by atoms with E-state index >= 15 is 0 Å². The average Bonchev–Trinajstić information content (AvgIpc) is 3.40. The smallest absolute Gasteiger partial charge is 0.291 e. The van der Waals surface area contributed by atoms with E-state index in [0.717, 1.165) is 17.0 Å². The number of hydrogen-bond donors (Lipinski definition) is 0. The fraction of sp³-hybridized carbons (Fsp3) is 0.150. The van der Waals surface area contributed by atoms with Crippen molar-refractivity contribution in [2.45, 2.75) is 12.6 Å². The van der Waals surface area contributed by atoms with E-state index in [4.69, 9.17) is 4.42 Å². The Hall–Kier alpha value is -3.06. The number of amides is 1. The van der Waals surface area contributed by atoms with E-state index in [2.05, 4.69) is 0 Å². The fourth-order valence-electron chi connectivity index (χ4n) is 3.30. The second-order valence-corrected chi connectivity index (χ2v) is 7.17. The summed E-state index contributed by atoms with van der Waals surface area (Å²) in [6, 6.07) is 11.3. The summed E-state index contributed by atoms with van der Waals surface area (Å²) in [6.07, 6.45) is 1.49. The Kier molecular flexibility index (Phi) is 4.45. The van der Waals surface area contributed by atoms with Gasteiger partial charge in [-0.3, -0.25) is 14.4 Å². The SMILES string of the molecule is O=C1C(=O)N(Cc2ccco2)C(c2cccs2)C1C(=O)c1ccc(F)cc1. The first kappa shape index (κ1) is 17.4. The monoisotopic (exact) mass is 383 g/mol. The van der Waals surface area contributed by atoms with Crippen molar-refractivity contribution in [2.24, 2.45) is 5.92 Å². The molecule has 0 spiro atoms. The van der Waals surface area contributed by atoms with Gasteiger partial charge in [0, 0.05) is 10.4 Å². The Bertz CT molecular complexity index is 980. The summed E-state index contributed by atoms with van der Waals surface area (Å²) in [5.74, 6) is -3.09. The van der Waals surface area contributed by atoms with Gasteiger partial charge < -0.3 is 9.32 Å². The molecular formula is C20H14FNO4S. The van der Waals surface area contributed by atoms with E-state index in [1.807, 2.05) is 5.38 Å².